The fraction of sp³-hybridized carbons (Fsp3) is 0. The highest BCUT2D eigenvalue weighted by Crippen LogP contribution is 2.10. The average molecular weight is 229 g/mol. The molecule has 0 aromatic carbocycles. The van der Waals surface area contributed by atoms with Gasteiger partial charge in [-0.3, -0.25) is 4.79 Å². The summed E-state index contributed by atoms with van der Waals surface area (Å²) in [6.45, 7) is 0. The van der Waals surface area contributed by atoms with Gasteiger partial charge in [0.1, 0.15) is 0 Å². The second-order valence-electron chi connectivity index (χ2n) is 0.836. The lowest BCUT2D eigenvalue weighted by molar-refractivity contribution is -0.113. The van der Waals surface area contributed by atoms with Gasteiger partial charge in [0.25, 0.3) is 0 Å². The summed E-state index contributed by atoms with van der Waals surface area (Å²) < 4.78 is 0.563. The Hall–Kier alpha value is 0.170. The van der Waals surface area contributed by atoms with Crippen LogP contribution in [0, 0.1) is 0 Å². The van der Waals surface area contributed by atoms with Gasteiger partial charge in [0.15, 0.2) is 0 Å². The molecule has 7 heavy (non-hydrogen) atoms. The number of amides is 1. The highest BCUT2D eigenvalue weighted by Gasteiger charge is 1.84. The van der Waals surface area contributed by atoms with E-state index in [0.717, 1.165) is 0 Å². The number of carbonyl (C=O) groups is 1. The summed E-state index contributed by atoms with van der Waals surface area (Å²) in [6.07, 6.45) is 1.22. The van der Waals surface area contributed by atoms with Crippen LogP contribution in [-0.2, 0) is 4.79 Å². The van der Waals surface area contributed by atoms with Crippen LogP contribution in [0.1, 0.15) is 0 Å². The van der Waals surface area contributed by atoms with Gasteiger partial charge in [0, 0.05) is 6.08 Å². The molecule has 40 valence electrons. The standard InChI is InChI=1S/C3H3Br2NO/c4-2(5)1-3(6)7/h1H,(H2,6,7). The third kappa shape index (κ3) is 6.17. The van der Waals surface area contributed by atoms with Gasteiger partial charge in [-0.2, -0.15) is 0 Å². The molecular weight excluding hydrogens is 226 g/mol. The molecule has 0 saturated heterocycles. The van der Waals surface area contributed by atoms with Crippen LogP contribution in [0.2, 0.25) is 0 Å². The van der Waals surface area contributed by atoms with Gasteiger partial charge in [0.2, 0.25) is 5.91 Å². The number of rotatable bonds is 1. The molecule has 0 saturated carbocycles. The fourth-order valence-corrected chi connectivity index (χ4v) is 0.559. The number of hydrogen-bond acceptors (Lipinski definition) is 1. The van der Waals surface area contributed by atoms with Crippen LogP contribution in [0.4, 0.5) is 0 Å². The van der Waals surface area contributed by atoms with E-state index in [4.69, 9.17) is 5.73 Å². The summed E-state index contributed by atoms with van der Waals surface area (Å²) in [7, 11) is 0. The predicted octanol–water partition coefficient (Wildman–Crippen LogP) is 1.10. The normalized spacial score (nSPS) is 7.71. The lowest BCUT2D eigenvalue weighted by Crippen LogP contribution is -2.05. The second kappa shape index (κ2) is 3.21. The van der Waals surface area contributed by atoms with Crippen molar-refractivity contribution in [3.63, 3.8) is 0 Å². The number of primary amides is 1. The molecule has 0 radical (unpaired) electrons. The molecule has 2 nitrogen and oxygen atoms in total. The smallest absolute Gasteiger partial charge is 0.243 e. The maximum atomic E-state index is 9.90. The first kappa shape index (κ1) is 7.17. The summed E-state index contributed by atoms with van der Waals surface area (Å²) in [5.41, 5.74) is 4.72. The Balaban J connectivity index is 3.68. The predicted molar refractivity (Wildman–Crippen MR) is 35.1 cm³/mol. The Kier molecular flexibility index (Phi) is 3.29. The molecule has 2 N–H and O–H groups in total. The van der Waals surface area contributed by atoms with Gasteiger partial charge in [-0.1, -0.05) is 0 Å². The minimum absolute atomic E-state index is 0.469. The quantitative estimate of drug-likeness (QED) is 0.672. The van der Waals surface area contributed by atoms with Crippen LogP contribution in [0.25, 0.3) is 0 Å². The van der Waals surface area contributed by atoms with Gasteiger partial charge < -0.3 is 5.73 Å². The summed E-state index contributed by atoms with van der Waals surface area (Å²) in [5.74, 6) is -0.469. The first-order valence-corrected chi connectivity index (χ1v) is 3.03. The maximum absolute atomic E-state index is 9.90. The van der Waals surface area contributed by atoms with Gasteiger partial charge in [-0.15, -0.1) is 0 Å². The van der Waals surface area contributed by atoms with Crippen molar-refractivity contribution in [2.24, 2.45) is 5.73 Å². The van der Waals surface area contributed by atoms with Crippen LogP contribution < -0.4 is 5.73 Å². The van der Waals surface area contributed by atoms with Crippen LogP contribution in [0.5, 0.6) is 0 Å². The van der Waals surface area contributed by atoms with E-state index in [1.807, 2.05) is 0 Å². The molecule has 0 aromatic heterocycles. The molecule has 0 aliphatic heterocycles. The highest BCUT2D eigenvalue weighted by molar-refractivity contribution is 9.28. The van der Waals surface area contributed by atoms with E-state index in [-0.39, 0.29) is 0 Å². The van der Waals surface area contributed by atoms with Crippen LogP contribution in [-0.4, -0.2) is 5.91 Å². The SMILES string of the molecule is NC(=O)C=C(Br)Br. The maximum Gasteiger partial charge on any atom is 0.243 e. The van der Waals surface area contributed by atoms with E-state index in [0.29, 0.717) is 3.39 Å². The van der Waals surface area contributed by atoms with E-state index >= 15 is 0 Å². The molecule has 1 amide bonds. The molecular formula is C3H3Br2NO. The van der Waals surface area contributed by atoms with Gasteiger partial charge in [0.05, 0.1) is 3.39 Å². The zero-order chi connectivity index (χ0) is 5.86. The largest absolute Gasteiger partial charge is 0.366 e. The first-order chi connectivity index (χ1) is 3.13. The van der Waals surface area contributed by atoms with E-state index in [1.54, 1.807) is 0 Å². The van der Waals surface area contributed by atoms with Crippen molar-refractivity contribution in [1.29, 1.82) is 0 Å². The number of nitrogens with two attached hydrogens (primary N) is 1. The third-order valence-electron chi connectivity index (χ3n) is 0.251. The molecule has 0 fully saturated rings. The van der Waals surface area contributed by atoms with Crippen molar-refractivity contribution in [3.8, 4) is 0 Å². The van der Waals surface area contributed by atoms with E-state index in [2.05, 4.69) is 31.9 Å². The van der Waals surface area contributed by atoms with Crippen molar-refractivity contribution in [2.45, 2.75) is 0 Å². The second-order valence-corrected chi connectivity index (χ2v) is 3.61. The lowest BCUT2D eigenvalue weighted by Gasteiger charge is -1.76. The summed E-state index contributed by atoms with van der Waals surface area (Å²) >= 11 is 5.90. The van der Waals surface area contributed by atoms with E-state index in [1.165, 1.54) is 6.08 Å². The third-order valence-corrected chi connectivity index (χ3v) is 0.709. The first-order valence-electron chi connectivity index (χ1n) is 1.45. The number of halogens is 2. The minimum atomic E-state index is -0.469. The average Bonchev–Trinajstić information content (AvgIpc) is 1.27. The van der Waals surface area contributed by atoms with E-state index in [9.17, 15) is 4.79 Å². The fourth-order valence-electron chi connectivity index (χ4n) is 0.108. The Morgan fingerprint density at radius 1 is 1.57 bits per heavy atom. The van der Waals surface area contributed by atoms with Gasteiger partial charge in [-0.25, -0.2) is 0 Å². The molecule has 4 heteroatoms. The number of carbonyl (C=O) groups excluding carboxylic acids is 1. The van der Waals surface area contributed by atoms with Crippen molar-refractivity contribution < 1.29 is 4.79 Å². The number of hydrogen-bond donors (Lipinski definition) is 1. The summed E-state index contributed by atoms with van der Waals surface area (Å²) in [5, 5.41) is 0. The molecule has 0 heterocycles. The van der Waals surface area contributed by atoms with E-state index < -0.39 is 5.91 Å². The molecule has 0 aromatic rings. The van der Waals surface area contributed by atoms with Crippen molar-refractivity contribution in [2.75, 3.05) is 0 Å². The van der Waals surface area contributed by atoms with Crippen LogP contribution >= 0.6 is 31.9 Å². The molecule has 0 bridgehead atoms. The van der Waals surface area contributed by atoms with Crippen LogP contribution in [0.3, 0.4) is 0 Å². The van der Waals surface area contributed by atoms with Crippen molar-refractivity contribution in [1.82, 2.24) is 0 Å². The van der Waals surface area contributed by atoms with Crippen molar-refractivity contribution >= 4 is 37.8 Å². The molecule has 0 unspecified atom stereocenters. The summed E-state index contributed by atoms with van der Waals surface area (Å²) in [4.78, 5) is 9.90. The summed E-state index contributed by atoms with van der Waals surface area (Å²) in [6, 6.07) is 0. The van der Waals surface area contributed by atoms with Crippen molar-refractivity contribution in [3.05, 3.63) is 9.47 Å². The Labute approximate surface area is 58.0 Å². The molecule has 0 rings (SSSR count). The molecule has 0 aliphatic carbocycles. The van der Waals surface area contributed by atoms with Gasteiger partial charge >= 0.3 is 0 Å². The Morgan fingerprint density at radius 2 is 2.00 bits per heavy atom. The van der Waals surface area contributed by atoms with Crippen LogP contribution in [0.15, 0.2) is 9.47 Å². The zero-order valence-corrected chi connectivity index (χ0v) is 6.49. The molecule has 0 atom stereocenters. The van der Waals surface area contributed by atoms with Gasteiger partial charge in [-0.05, 0) is 31.9 Å². The molecule has 0 aliphatic rings. The Bertz CT molecular complexity index is 106. The molecule has 0 spiro atoms. The zero-order valence-electron chi connectivity index (χ0n) is 3.32. The lowest BCUT2D eigenvalue weighted by atomic mass is 10.6. The minimum Gasteiger partial charge on any atom is -0.366 e. The topological polar surface area (TPSA) is 43.1 Å². The highest BCUT2D eigenvalue weighted by atomic mass is 79.9. The monoisotopic (exact) mass is 227 g/mol. The Morgan fingerprint density at radius 3 is 2.00 bits per heavy atom.